The molecule has 10 aromatic rings. The van der Waals surface area contributed by atoms with Gasteiger partial charge in [-0.3, -0.25) is 0 Å². The average molecular weight is 871 g/mol. The normalized spacial score (nSPS) is 14.5. The van der Waals surface area contributed by atoms with Crippen LogP contribution in [0.4, 0.5) is 22.7 Å². The molecule has 0 heterocycles. The number of hydrogen-bond donors (Lipinski definition) is 0. The molecule has 2 aliphatic rings. The van der Waals surface area contributed by atoms with Gasteiger partial charge in [-0.25, -0.2) is 0 Å². The zero-order valence-corrected chi connectivity index (χ0v) is 37.9. The predicted octanol–water partition coefficient (Wildman–Crippen LogP) is 18.1. The van der Waals surface area contributed by atoms with E-state index in [9.17, 15) is 0 Å². The van der Waals surface area contributed by atoms with E-state index in [1.54, 1.807) is 0 Å². The van der Waals surface area contributed by atoms with Gasteiger partial charge in [-0.05, 0) is 157 Å². The molecule has 1 atom stereocenters. The third-order valence-corrected chi connectivity index (χ3v) is 13.8. The first kappa shape index (κ1) is 41.0. The zero-order chi connectivity index (χ0) is 45.2. The minimum absolute atomic E-state index is 0.140. The van der Waals surface area contributed by atoms with Crippen LogP contribution in [0.2, 0.25) is 0 Å². The van der Waals surface area contributed by atoms with Crippen LogP contribution in [0.5, 0.6) is 0 Å². The summed E-state index contributed by atoms with van der Waals surface area (Å²) < 4.78 is 0. The number of hydrogen-bond acceptors (Lipinski definition) is 2. The van der Waals surface area contributed by atoms with Gasteiger partial charge in [0.1, 0.15) is 0 Å². The van der Waals surface area contributed by atoms with Gasteiger partial charge in [0.2, 0.25) is 0 Å². The van der Waals surface area contributed by atoms with Crippen molar-refractivity contribution in [3.63, 3.8) is 0 Å². The van der Waals surface area contributed by atoms with Crippen molar-refractivity contribution in [2.75, 3.05) is 9.80 Å². The van der Waals surface area contributed by atoms with Crippen molar-refractivity contribution in [3.05, 3.63) is 272 Å². The highest BCUT2D eigenvalue weighted by atomic mass is 15.2. The summed E-state index contributed by atoms with van der Waals surface area (Å²) in [5.74, 6) is 0. The van der Waals surface area contributed by atoms with E-state index in [-0.39, 0.29) is 6.04 Å². The van der Waals surface area contributed by atoms with E-state index in [1.807, 2.05) is 0 Å². The maximum atomic E-state index is 2.49. The van der Waals surface area contributed by atoms with Crippen molar-refractivity contribution in [2.24, 2.45) is 0 Å². The number of nitrogens with zero attached hydrogens (tertiary/aromatic N) is 2. The van der Waals surface area contributed by atoms with Crippen LogP contribution in [0, 0.1) is 0 Å². The van der Waals surface area contributed by atoms with Gasteiger partial charge in [0.15, 0.2) is 0 Å². The van der Waals surface area contributed by atoms with E-state index in [0.717, 1.165) is 24.9 Å². The molecule has 1 unspecified atom stereocenters. The van der Waals surface area contributed by atoms with Crippen LogP contribution in [-0.4, -0.2) is 6.04 Å². The third-order valence-electron chi connectivity index (χ3n) is 13.8. The van der Waals surface area contributed by atoms with Crippen molar-refractivity contribution in [1.82, 2.24) is 0 Å². The molecule has 2 nitrogen and oxygen atoms in total. The SMILES string of the molecule is C1=CCCC(N(c2ccc(-c3cccc(C4=CCC(N(c5ccccc5)c5ccc(-c6ccccc6)c(-c6ccccc6)c5)C=C4)c3)cc2)c2ccc3c4ccccc4c4ccccc4c3c2)=C1. The van der Waals surface area contributed by atoms with Crippen LogP contribution in [0.15, 0.2) is 267 Å². The summed E-state index contributed by atoms with van der Waals surface area (Å²) in [4.78, 5) is 4.95. The number of anilines is 4. The third kappa shape index (κ3) is 7.80. The lowest BCUT2D eigenvalue weighted by atomic mass is 9.92. The fourth-order valence-electron chi connectivity index (χ4n) is 10.5. The molecule has 68 heavy (non-hydrogen) atoms. The van der Waals surface area contributed by atoms with Crippen molar-refractivity contribution in [3.8, 4) is 33.4 Å². The Labute approximate surface area is 399 Å². The monoisotopic (exact) mass is 870 g/mol. The Kier molecular flexibility index (Phi) is 10.9. The van der Waals surface area contributed by atoms with Gasteiger partial charge >= 0.3 is 0 Å². The summed E-state index contributed by atoms with van der Waals surface area (Å²) in [6, 6.07) is 82.3. The molecule has 2 aliphatic carbocycles. The second kappa shape index (κ2) is 18.1. The summed E-state index contributed by atoms with van der Waals surface area (Å²) in [6.45, 7) is 0. The summed E-state index contributed by atoms with van der Waals surface area (Å²) in [5, 5.41) is 7.74. The Balaban J connectivity index is 0.843. The number of allylic oxidation sites excluding steroid dienone is 6. The number of benzene rings is 10. The first-order chi connectivity index (χ1) is 33.7. The summed E-state index contributed by atoms with van der Waals surface area (Å²) >= 11 is 0. The van der Waals surface area contributed by atoms with E-state index in [2.05, 4.69) is 271 Å². The second-order valence-electron chi connectivity index (χ2n) is 17.9. The minimum Gasteiger partial charge on any atom is -0.334 e. The predicted molar refractivity (Wildman–Crippen MR) is 291 cm³/mol. The lowest BCUT2D eigenvalue weighted by Gasteiger charge is -2.34. The summed E-state index contributed by atoms with van der Waals surface area (Å²) in [7, 11) is 0. The first-order valence-corrected chi connectivity index (χ1v) is 23.9. The van der Waals surface area contributed by atoms with Crippen molar-refractivity contribution in [1.29, 1.82) is 0 Å². The van der Waals surface area contributed by atoms with E-state index >= 15 is 0 Å². The molecule has 0 bridgehead atoms. The lowest BCUT2D eigenvalue weighted by molar-refractivity contribution is 0.787. The minimum atomic E-state index is 0.140. The second-order valence-corrected chi connectivity index (χ2v) is 17.9. The summed E-state index contributed by atoms with van der Waals surface area (Å²) in [6.07, 6.45) is 16.8. The molecule has 0 aliphatic heterocycles. The molecule has 2 heteroatoms. The average Bonchev–Trinajstić information content (AvgIpc) is 3.42. The van der Waals surface area contributed by atoms with Gasteiger partial charge in [0.25, 0.3) is 0 Å². The van der Waals surface area contributed by atoms with Gasteiger partial charge in [0, 0.05) is 28.4 Å². The summed E-state index contributed by atoms with van der Waals surface area (Å²) in [5.41, 5.74) is 15.7. The highest BCUT2D eigenvalue weighted by Gasteiger charge is 2.23. The van der Waals surface area contributed by atoms with E-state index in [1.165, 1.54) is 99.6 Å². The van der Waals surface area contributed by atoms with Crippen LogP contribution in [-0.2, 0) is 0 Å². The molecule has 10 aromatic carbocycles. The van der Waals surface area contributed by atoms with E-state index in [4.69, 9.17) is 0 Å². The highest BCUT2D eigenvalue weighted by molar-refractivity contribution is 6.25. The van der Waals surface area contributed by atoms with Crippen LogP contribution >= 0.6 is 0 Å². The van der Waals surface area contributed by atoms with E-state index in [0.29, 0.717) is 0 Å². The van der Waals surface area contributed by atoms with Crippen LogP contribution in [0.25, 0.3) is 71.3 Å². The van der Waals surface area contributed by atoms with Crippen LogP contribution in [0.1, 0.15) is 24.8 Å². The Morgan fingerprint density at radius 3 is 1.60 bits per heavy atom. The molecule has 12 rings (SSSR count). The Bertz CT molecular complexity index is 3550. The topological polar surface area (TPSA) is 6.48 Å². The Morgan fingerprint density at radius 2 is 0.956 bits per heavy atom. The molecule has 0 N–H and O–H groups in total. The molecule has 0 saturated heterocycles. The molecular formula is C66H50N2. The molecular weight excluding hydrogens is 821 g/mol. The molecule has 0 fully saturated rings. The van der Waals surface area contributed by atoms with Gasteiger partial charge in [-0.2, -0.15) is 0 Å². The first-order valence-electron chi connectivity index (χ1n) is 23.9. The molecule has 324 valence electrons. The van der Waals surface area contributed by atoms with E-state index < -0.39 is 0 Å². The molecule has 0 radical (unpaired) electrons. The lowest BCUT2D eigenvalue weighted by Crippen LogP contribution is -2.30. The molecule has 0 spiro atoms. The maximum Gasteiger partial charge on any atom is 0.0560 e. The van der Waals surface area contributed by atoms with Gasteiger partial charge in [0.05, 0.1) is 6.04 Å². The fourth-order valence-corrected chi connectivity index (χ4v) is 10.5. The molecule has 0 amide bonds. The standard InChI is InChI=1S/C66H50N2/c1-5-18-49(19-6-1)59-42-40-57(45-65(59)50-20-7-2-8-21-50)67(53-24-9-3-10-25-53)55-36-32-47(33-37-55)51-22-17-23-52(44-51)48-34-38-56(39-35-48)68(54-26-11-4-12-27-54)58-41-43-64-62-30-14-13-28-60(62)61-29-15-16-31-63(61)66(64)46-58/h1-11,13-26,28-36,38-46,55H,12,27,37H2. The van der Waals surface area contributed by atoms with Crippen molar-refractivity contribution in [2.45, 2.75) is 25.3 Å². The number of fused-ring (bicyclic) bond motifs is 6. The molecule has 0 aromatic heterocycles. The van der Waals surface area contributed by atoms with Crippen molar-refractivity contribution >= 4 is 60.6 Å². The van der Waals surface area contributed by atoms with Gasteiger partial charge in [-0.1, -0.05) is 200 Å². The number of rotatable bonds is 10. The Morgan fingerprint density at radius 1 is 0.382 bits per heavy atom. The quantitative estimate of drug-likeness (QED) is 0.126. The largest absolute Gasteiger partial charge is 0.334 e. The van der Waals surface area contributed by atoms with Crippen LogP contribution < -0.4 is 9.80 Å². The fraction of sp³-hybridized carbons (Fsp3) is 0.0606. The Hall–Kier alpha value is -8.46. The maximum absolute atomic E-state index is 2.49. The highest BCUT2D eigenvalue weighted by Crippen LogP contribution is 2.42. The number of para-hydroxylation sites is 1. The molecule has 0 saturated carbocycles. The smallest absolute Gasteiger partial charge is 0.0560 e. The van der Waals surface area contributed by atoms with Crippen molar-refractivity contribution < 1.29 is 0 Å². The zero-order valence-electron chi connectivity index (χ0n) is 37.9. The van der Waals surface area contributed by atoms with Gasteiger partial charge < -0.3 is 9.80 Å². The van der Waals surface area contributed by atoms with Crippen LogP contribution in [0.3, 0.4) is 0 Å². The van der Waals surface area contributed by atoms with Gasteiger partial charge in [-0.15, -0.1) is 0 Å².